The van der Waals surface area contributed by atoms with Crippen molar-refractivity contribution in [2.45, 2.75) is 12.3 Å². The van der Waals surface area contributed by atoms with E-state index in [1.54, 1.807) is 0 Å². The van der Waals surface area contributed by atoms with E-state index >= 15 is 0 Å². The first kappa shape index (κ1) is 19.5. The molecular weight excluding hydrogens is 358 g/mol. The van der Waals surface area contributed by atoms with Gasteiger partial charge in [-0.25, -0.2) is 4.79 Å². The number of rotatable bonds is 5. The van der Waals surface area contributed by atoms with Crippen LogP contribution in [0, 0.1) is 21.4 Å². The second-order valence-electron chi connectivity index (χ2n) is 5.36. The van der Waals surface area contributed by atoms with E-state index in [2.05, 4.69) is 4.74 Å². The Balaban J connectivity index is 2.72. The summed E-state index contributed by atoms with van der Waals surface area (Å²) in [5.41, 5.74) is 5.50. The molecule has 0 aromatic heterocycles. The maximum atomic E-state index is 12.4. The van der Waals surface area contributed by atoms with Gasteiger partial charge in [0.2, 0.25) is 5.88 Å². The molecule has 0 aliphatic carbocycles. The van der Waals surface area contributed by atoms with Crippen LogP contribution in [0.25, 0.3) is 0 Å². The average Bonchev–Trinajstić information content (AvgIpc) is 2.66. The molecule has 0 radical (unpaired) electrons. The normalized spacial score (nSPS) is 16.3. The van der Waals surface area contributed by atoms with Gasteiger partial charge >= 0.3 is 11.9 Å². The smallest absolute Gasteiger partial charge is 0.338 e. The van der Waals surface area contributed by atoms with Gasteiger partial charge in [-0.15, -0.1) is 0 Å². The van der Waals surface area contributed by atoms with Crippen LogP contribution < -0.4 is 5.73 Å². The Morgan fingerprint density at radius 3 is 2.63 bits per heavy atom. The Hall–Kier alpha value is -3.87. The fourth-order valence-electron chi connectivity index (χ4n) is 2.64. The van der Waals surface area contributed by atoms with Crippen molar-refractivity contribution in [2.75, 3.05) is 14.2 Å². The second-order valence-corrected chi connectivity index (χ2v) is 5.36. The van der Waals surface area contributed by atoms with E-state index in [-0.39, 0.29) is 34.0 Å². The number of nitro benzene ring substituents is 1. The van der Waals surface area contributed by atoms with Crippen LogP contribution in [0.3, 0.4) is 0 Å². The summed E-state index contributed by atoms with van der Waals surface area (Å²) in [6.45, 7) is 0. The maximum absolute atomic E-state index is 12.4. The molecule has 1 heterocycles. The van der Waals surface area contributed by atoms with Gasteiger partial charge in [-0.05, 0) is 5.56 Å². The molecular formula is C17H15N3O7. The van der Waals surface area contributed by atoms with Gasteiger partial charge in [0.25, 0.3) is 5.69 Å². The predicted octanol–water partition coefficient (Wildman–Crippen LogP) is 1.39. The number of hydrogen-bond donors (Lipinski definition) is 1. The van der Waals surface area contributed by atoms with Crippen molar-refractivity contribution in [1.82, 2.24) is 0 Å². The summed E-state index contributed by atoms with van der Waals surface area (Å²) in [5.74, 6) is -3.15. The molecule has 0 saturated carbocycles. The van der Waals surface area contributed by atoms with Crippen LogP contribution in [0.15, 0.2) is 47.1 Å². The maximum Gasteiger partial charge on any atom is 0.338 e. The van der Waals surface area contributed by atoms with Gasteiger partial charge in [0.15, 0.2) is 0 Å². The first-order valence-corrected chi connectivity index (χ1v) is 7.54. The van der Waals surface area contributed by atoms with Gasteiger partial charge in [-0.3, -0.25) is 14.9 Å². The molecule has 0 spiro atoms. The van der Waals surface area contributed by atoms with Crippen molar-refractivity contribution in [3.63, 3.8) is 0 Å². The predicted molar refractivity (Wildman–Crippen MR) is 89.4 cm³/mol. The minimum Gasteiger partial charge on any atom is -0.469 e. The van der Waals surface area contributed by atoms with E-state index in [0.29, 0.717) is 0 Å². The van der Waals surface area contributed by atoms with Crippen LogP contribution in [-0.4, -0.2) is 31.1 Å². The van der Waals surface area contributed by atoms with Crippen LogP contribution in [-0.2, 0) is 23.8 Å². The molecule has 2 rings (SSSR count). The number of methoxy groups -OCH3 is 2. The van der Waals surface area contributed by atoms with Crippen molar-refractivity contribution in [3.8, 4) is 6.07 Å². The van der Waals surface area contributed by atoms with Crippen molar-refractivity contribution < 1.29 is 28.7 Å². The fraction of sp³-hybridized carbons (Fsp3) is 0.235. The first-order chi connectivity index (χ1) is 12.8. The van der Waals surface area contributed by atoms with Crippen LogP contribution in [0.2, 0.25) is 0 Å². The number of nitrogens with two attached hydrogens (primary N) is 1. The summed E-state index contributed by atoms with van der Waals surface area (Å²) in [6, 6.07) is 7.22. The summed E-state index contributed by atoms with van der Waals surface area (Å²) >= 11 is 0. The summed E-state index contributed by atoms with van der Waals surface area (Å²) in [7, 11) is 2.27. The highest BCUT2D eigenvalue weighted by Crippen LogP contribution is 2.41. The van der Waals surface area contributed by atoms with Gasteiger partial charge in [0, 0.05) is 12.1 Å². The van der Waals surface area contributed by atoms with E-state index in [1.807, 2.05) is 6.07 Å². The van der Waals surface area contributed by atoms with E-state index in [9.17, 15) is 25.0 Å². The quantitative estimate of drug-likeness (QED) is 0.458. The molecule has 1 aliphatic rings. The van der Waals surface area contributed by atoms with Crippen molar-refractivity contribution in [3.05, 3.63) is 62.7 Å². The SMILES string of the molecule is COC(=O)CC1=C(C(=O)OC)[C@H](c2cccc([N+](=O)[O-])c2)C(C#N)=C(N)O1. The largest absolute Gasteiger partial charge is 0.469 e. The highest BCUT2D eigenvalue weighted by atomic mass is 16.6. The van der Waals surface area contributed by atoms with Crippen molar-refractivity contribution in [2.24, 2.45) is 5.73 Å². The monoisotopic (exact) mass is 373 g/mol. The van der Waals surface area contributed by atoms with Crippen molar-refractivity contribution in [1.29, 1.82) is 5.26 Å². The Labute approximate surface area is 153 Å². The number of esters is 2. The number of hydrogen-bond acceptors (Lipinski definition) is 9. The number of non-ortho nitro benzene ring substituents is 1. The third-order valence-electron chi connectivity index (χ3n) is 3.85. The molecule has 10 heteroatoms. The number of nitrogens with zero attached hydrogens (tertiary/aromatic N) is 2. The van der Waals surface area contributed by atoms with Gasteiger partial charge < -0.3 is 19.9 Å². The number of allylic oxidation sites excluding steroid dienone is 1. The fourth-order valence-corrected chi connectivity index (χ4v) is 2.64. The number of ether oxygens (including phenoxy) is 3. The second kappa shape index (κ2) is 8.01. The van der Waals surface area contributed by atoms with Gasteiger partial charge in [0.1, 0.15) is 23.8 Å². The molecule has 1 atom stereocenters. The average molecular weight is 373 g/mol. The molecule has 0 unspecified atom stereocenters. The third kappa shape index (κ3) is 3.87. The lowest BCUT2D eigenvalue weighted by molar-refractivity contribution is -0.384. The van der Waals surface area contributed by atoms with E-state index in [1.165, 1.54) is 24.3 Å². The van der Waals surface area contributed by atoms with Crippen LogP contribution >= 0.6 is 0 Å². The number of nitro groups is 1. The Bertz CT molecular complexity index is 911. The number of carbonyl (C=O) groups is 2. The number of nitriles is 1. The van der Waals surface area contributed by atoms with E-state index in [4.69, 9.17) is 15.2 Å². The minimum absolute atomic E-state index is 0.135. The van der Waals surface area contributed by atoms with E-state index < -0.39 is 29.2 Å². The zero-order valence-corrected chi connectivity index (χ0v) is 14.4. The summed E-state index contributed by atoms with van der Waals surface area (Å²) < 4.78 is 14.6. The molecule has 1 aliphatic heterocycles. The third-order valence-corrected chi connectivity index (χ3v) is 3.85. The Morgan fingerprint density at radius 2 is 2.07 bits per heavy atom. The molecule has 1 aromatic carbocycles. The molecule has 27 heavy (non-hydrogen) atoms. The van der Waals surface area contributed by atoms with Crippen LogP contribution in [0.4, 0.5) is 5.69 Å². The van der Waals surface area contributed by atoms with Crippen LogP contribution in [0.5, 0.6) is 0 Å². The molecule has 0 bridgehead atoms. The zero-order chi connectivity index (χ0) is 20.1. The van der Waals surface area contributed by atoms with Crippen molar-refractivity contribution >= 4 is 17.6 Å². The van der Waals surface area contributed by atoms with E-state index in [0.717, 1.165) is 14.2 Å². The minimum atomic E-state index is -1.10. The summed E-state index contributed by atoms with van der Waals surface area (Å²) in [6.07, 6.45) is -0.439. The lowest BCUT2D eigenvalue weighted by Crippen LogP contribution is -2.27. The molecule has 0 amide bonds. The molecule has 0 fully saturated rings. The standard InChI is InChI=1S/C17H15N3O7/c1-25-13(21)7-12-15(17(22)26-2)14(11(8-18)16(19)27-12)9-4-3-5-10(6-9)20(23)24/h3-6,14H,7,19H2,1-2H3/t14-/m1/s1. The lowest BCUT2D eigenvalue weighted by atomic mass is 9.82. The Kier molecular flexibility index (Phi) is 5.77. The molecule has 0 saturated heterocycles. The Morgan fingerprint density at radius 1 is 1.37 bits per heavy atom. The lowest BCUT2D eigenvalue weighted by Gasteiger charge is -2.27. The molecule has 140 valence electrons. The van der Waals surface area contributed by atoms with Gasteiger partial charge in [-0.2, -0.15) is 5.26 Å². The van der Waals surface area contributed by atoms with Gasteiger partial charge in [-0.1, -0.05) is 12.1 Å². The molecule has 2 N–H and O–H groups in total. The summed E-state index contributed by atoms with van der Waals surface area (Å²) in [4.78, 5) is 34.6. The van der Waals surface area contributed by atoms with Gasteiger partial charge in [0.05, 0.1) is 30.6 Å². The highest BCUT2D eigenvalue weighted by Gasteiger charge is 2.38. The highest BCUT2D eigenvalue weighted by molar-refractivity contribution is 5.93. The molecule has 10 nitrogen and oxygen atoms in total. The molecule has 1 aromatic rings. The van der Waals surface area contributed by atoms with Crippen LogP contribution in [0.1, 0.15) is 17.9 Å². The zero-order valence-electron chi connectivity index (χ0n) is 14.4. The number of benzene rings is 1. The number of carbonyl (C=O) groups excluding carboxylic acids is 2. The first-order valence-electron chi connectivity index (χ1n) is 7.54. The topological polar surface area (TPSA) is 155 Å². The summed E-state index contributed by atoms with van der Waals surface area (Å²) in [5, 5.41) is 20.6.